The van der Waals surface area contributed by atoms with Crippen molar-refractivity contribution < 1.29 is 9.21 Å². The number of carbonyl (C=O) groups is 1. The topological polar surface area (TPSA) is 81.2 Å². The number of aryl methyl sites for hydroxylation is 2. The molecular weight excluding hydrogens is 262 g/mol. The van der Waals surface area contributed by atoms with Crippen LogP contribution in [0.4, 0.5) is 0 Å². The van der Waals surface area contributed by atoms with Crippen LogP contribution in [-0.2, 0) is 0 Å². The predicted octanol–water partition coefficient (Wildman–Crippen LogP) is 2.10. The van der Waals surface area contributed by atoms with E-state index in [1.54, 1.807) is 0 Å². The molecule has 0 spiro atoms. The lowest BCUT2D eigenvalue weighted by Gasteiger charge is -2.01. The van der Waals surface area contributed by atoms with Gasteiger partial charge in [0.25, 0.3) is 5.91 Å². The van der Waals surface area contributed by atoms with Crippen molar-refractivity contribution in [2.75, 3.05) is 13.1 Å². The molecule has 1 amide bonds. The maximum atomic E-state index is 12.0. The van der Waals surface area contributed by atoms with E-state index in [0.29, 0.717) is 23.7 Å². The summed E-state index contributed by atoms with van der Waals surface area (Å²) in [5.41, 5.74) is 6.11. The molecule has 0 aliphatic heterocycles. The molecule has 6 heteroatoms. The quantitative estimate of drug-likeness (QED) is 0.821. The lowest BCUT2D eigenvalue weighted by Crippen LogP contribution is -2.25. The van der Waals surface area contributed by atoms with Crippen molar-refractivity contribution in [2.24, 2.45) is 5.73 Å². The molecule has 0 aliphatic rings. The largest absolute Gasteiger partial charge is 0.459 e. The van der Waals surface area contributed by atoms with Crippen molar-refractivity contribution in [2.45, 2.75) is 20.3 Å². The number of nitrogens with one attached hydrogen (secondary N) is 1. The molecule has 0 unspecified atom stereocenters. The molecule has 3 N–H and O–H groups in total. The Kier molecular flexibility index (Phi) is 4.34. The predicted molar refractivity (Wildman–Crippen MR) is 75.3 cm³/mol. The third-order valence-electron chi connectivity index (χ3n) is 2.62. The molecule has 0 atom stereocenters. The van der Waals surface area contributed by atoms with Crippen molar-refractivity contribution in [3.63, 3.8) is 0 Å². The van der Waals surface area contributed by atoms with Gasteiger partial charge in [-0.05, 0) is 38.9 Å². The van der Waals surface area contributed by atoms with Gasteiger partial charge in [-0.15, -0.1) is 11.3 Å². The van der Waals surface area contributed by atoms with Gasteiger partial charge >= 0.3 is 0 Å². The monoisotopic (exact) mass is 279 g/mol. The molecule has 0 fully saturated rings. The molecule has 0 aromatic carbocycles. The lowest BCUT2D eigenvalue weighted by atomic mass is 10.3. The smallest absolute Gasteiger partial charge is 0.263 e. The highest BCUT2D eigenvalue weighted by atomic mass is 32.1. The SMILES string of the molecule is Cc1ccc(-c2nc(C)c(C(=O)NCCCN)s2)o1. The highest BCUT2D eigenvalue weighted by Crippen LogP contribution is 2.29. The van der Waals surface area contributed by atoms with E-state index in [-0.39, 0.29) is 5.91 Å². The molecule has 102 valence electrons. The minimum absolute atomic E-state index is 0.0991. The number of nitrogens with two attached hydrogens (primary N) is 1. The molecule has 19 heavy (non-hydrogen) atoms. The maximum Gasteiger partial charge on any atom is 0.263 e. The zero-order valence-corrected chi connectivity index (χ0v) is 11.8. The third-order valence-corrected chi connectivity index (χ3v) is 3.79. The van der Waals surface area contributed by atoms with Gasteiger partial charge in [-0.3, -0.25) is 4.79 Å². The van der Waals surface area contributed by atoms with Gasteiger partial charge in [0.15, 0.2) is 10.8 Å². The van der Waals surface area contributed by atoms with Crippen molar-refractivity contribution in [3.05, 3.63) is 28.5 Å². The first kappa shape index (κ1) is 13.8. The van der Waals surface area contributed by atoms with Crippen LogP contribution >= 0.6 is 11.3 Å². The number of rotatable bonds is 5. The number of aromatic nitrogens is 1. The molecule has 0 aliphatic carbocycles. The normalized spacial score (nSPS) is 10.7. The average molecular weight is 279 g/mol. The summed E-state index contributed by atoms with van der Waals surface area (Å²) in [5, 5.41) is 3.56. The Morgan fingerprint density at radius 2 is 2.26 bits per heavy atom. The molecule has 5 nitrogen and oxygen atoms in total. The Bertz CT molecular complexity index is 574. The fourth-order valence-corrected chi connectivity index (χ4v) is 2.59. The van der Waals surface area contributed by atoms with E-state index in [2.05, 4.69) is 10.3 Å². The molecule has 2 rings (SSSR count). The van der Waals surface area contributed by atoms with Crippen LogP contribution in [0.3, 0.4) is 0 Å². The molecule has 2 aromatic heterocycles. The molecule has 2 heterocycles. The Balaban J connectivity index is 2.14. The van der Waals surface area contributed by atoms with Crippen molar-refractivity contribution in [1.29, 1.82) is 0 Å². The minimum Gasteiger partial charge on any atom is -0.459 e. The minimum atomic E-state index is -0.0991. The highest BCUT2D eigenvalue weighted by Gasteiger charge is 2.17. The van der Waals surface area contributed by atoms with Crippen LogP contribution in [0.25, 0.3) is 10.8 Å². The van der Waals surface area contributed by atoms with Gasteiger partial charge in [-0.1, -0.05) is 0 Å². The first-order chi connectivity index (χ1) is 9.11. The summed E-state index contributed by atoms with van der Waals surface area (Å²) in [7, 11) is 0. The fourth-order valence-electron chi connectivity index (χ4n) is 1.65. The molecule has 2 aromatic rings. The number of thiazole rings is 1. The van der Waals surface area contributed by atoms with Crippen molar-refractivity contribution in [1.82, 2.24) is 10.3 Å². The lowest BCUT2D eigenvalue weighted by molar-refractivity contribution is 0.0956. The van der Waals surface area contributed by atoms with Crippen LogP contribution in [0, 0.1) is 13.8 Å². The van der Waals surface area contributed by atoms with Crippen LogP contribution in [0.1, 0.15) is 27.5 Å². The van der Waals surface area contributed by atoms with Gasteiger partial charge in [0, 0.05) is 6.54 Å². The Labute approximate surface area is 115 Å². The number of nitrogens with zero attached hydrogens (tertiary/aromatic N) is 1. The van der Waals surface area contributed by atoms with Gasteiger partial charge in [-0.2, -0.15) is 0 Å². The Morgan fingerprint density at radius 3 is 2.89 bits per heavy atom. The average Bonchev–Trinajstić information content (AvgIpc) is 2.95. The van der Waals surface area contributed by atoms with E-state index in [1.165, 1.54) is 11.3 Å². The van der Waals surface area contributed by atoms with E-state index < -0.39 is 0 Å². The van der Waals surface area contributed by atoms with Gasteiger partial charge in [0.2, 0.25) is 0 Å². The summed E-state index contributed by atoms with van der Waals surface area (Å²) in [4.78, 5) is 17.0. The molecule has 0 radical (unpaired) electrons. The maximum absolute atomic E-state index is 12.0. The van der Waals surface area contributed by atoms with E-state index in [4.69, 9.17) is 10.2 Å². The summed E-state index contributed by atoms with van der Waals surface area (Å²) in [6, 6.07) is 3.75. The standard InChI is InChI=1S/C13H17N3O2S/c1-8-4-5-10(18-8)13-16-9(2)11(19-13)12(17)15-7-3-6-14/h4-5H,3,6-7,14H2,1-2H3,(H,15,17). The van der Waals surface area contributed by atoms with Crippen LogP contribution in [0.15, 0.2) is 16.5 Å². The van der Waals surface area contributed by atoms with Crippen LogP contribution in [-0.4, -0.2) is 24.0 Å². The second-order valence-electron chi connectivity index (χ2n) is 4.24. The summed E-state index contributed by atoms with van der Waals surface area (Å²) < 4.78 is 5.52. The molecule has 0 bridgehead atoms. The van der Waals surface area contributed by atoms with E-state index in [1.807, 2.05) is 26.0 Å². The van der Waals surface area contributed by atoms with Crippen LogP contribution in [0.5, 0.6) is 0 Å². The van der Waals surface area contributed by atoms with E-state index in [9.17, 15) is 4.79 Å². The van der Waals surface area contributed by atoms with Gasteiger partial charge < -0.3 is 15.5 Å². The first-order valence-electron chi connectivity index (χ1n) is 6.14. The summed E-state index contributed by atoms with van der Waals surface area (Å²) in [6.45, 7) is 4.86. The second kappa shape index (κ2) is 5.99. The van der Waals surface area contributed by atoms with Gasteiger partial charge in [-0.25, -0.2) is 4.98 Å². The summed E-state index contributed by atoms with van der Waals surface area (Å²) in [5.74, 6) is 1.43. The zero-order chi connectivity index (χ0) is 13.8. The third kappa shape index (κ3) is 3.21. The number of hydrogen-bond acceptors (Lipinski definition) is 5. The van der Waals surface area contributed by atoms with E-state index >= 15 is 0 Å². The summed E-state index contributed by atoms with van der Waals surface area (Å²) in [6.07, 6.45) is 0.772. The number of carbonyl (C=O) groups excluding carboxylic acids is 1. The molecule has 0 saturated carbocycles. The number of amides is 1. The first-order valence-corrected chi connectivity index (χ1v) is 6.96. The number of furan rings is 1. The zero-order valence-electron chi connectivity index (χ0n) is 11.0. The Hall–Kier alpha value is -1.66. The Morgan fingerprint density at radius 1 is 1.47 bits per heavy atom. The van der Waals surface area contributed by atoms with Crippen LogP contribution < -0.4 is 11.1 Å². The van der Waals surface area contributed by atoms with Crippen molar-refractivity contribution in [3.8, 4) is 10.8 Å². The van der Waals surface area contributed by atoms with Crippen molar-refractivity contribution >= 4 is 17.2 Å². The summed E-state index contributed by atoms with van der Waals surface area (Å²) >= 11 is 1.34. The van der Waals surface area contributed by atoms with Gasteiger partial charge in [0.05, 0.1) is 5.69 Å². The fraction of sp³-hybridized carbons (Fsp3) is 0.385. The highest BCUT2D eigenvalue weighted by molar-refractivity contribution is 7.17. The number of hydrogen-bond donors (Lipinski definition) is 2. The second-order valence-corrected chi connectivity index (χ2v) is 5.24. The van der Waals surface area contributed by atoms with E-state index in [0.717, 1.165) is 22.9 Å². The molecular formula is C13H17N3O2S. The van der Waals surface area contributed by atoms with Crippen LogP contribution in [0.2, 0.25) is 0 Å². The van der Waals surface area contributed by atoms with Gasteiger partial charge in [0.1, 0.15) is 10.6 Å². The molecule has 0 saturated heterocycles.